The van der Waals surface area contributed by atoms with Crippen LogP contribution in [0.3, 0.4) is 0 Å². The summed E-state index contributed by atoms with van der Waals surface area (Å²) in [4.78, 5) is 0. The van der Waals surface area contributed by atoms with Crippen LogP contribution in [0, 0.1) is 12.2 Å². The van der Waals surface area contributed by atoms with Crippen LogP contribution in [0.4, 0.5) is 0 Å². The maximum Gasteiger partial charge on any atom is 2.00 e. The van der Waals surface area contributed by atoms with E-state index in [4.69, 9.17) is 5.11 Å². The van der Waals surface area contributed by atoms with E-state index >= 15 is 0 Å². The van der Waals surface area contributed by atoms with Crippen LogP contribution in [-0.2, 0) is 26.2 Å². The fourth-order valence-corrected chi connectivity index (χ4v) is 1.23. The Morgan fingerprint density at radius 2 is 1.94 bits per heavy atom. The first-order valence-electron chi connectivity index (χ1n) is 5.02. The molecule has 0 aliphatic heterocycles. The molecule has 0 spiro atoms. The number of rotatable bonds is 3. The van der Waals surface area contributed by atoms with Crippen LogP contribution >= 0.6 is 24.8 Å². The summed E-state index contributed by atoms with van der Waals surface area (Å²) in [6, 6.07) is 0. The monoisotopic (exact) mass is 350 g/mol. The average molecular weight is 352 g/mol. The summed E-state index contributed by atoms with van der Waals surface area (Å²) in [6.07, 6.45) is 20.2. The number of allylic oxidation sites excluding steroid dienone is 8. The van der Waals surface area contributed by atoms with Crippen molar-refractivity contribution < 1.29 is 31.3 Å². The van der Waals surface area contributed by atoms with Gasteiger partial charge in [0, 0.05) is 6.61 Å². The maximum atomic E-state index is 8.46. The summed E-state index contributed by atoms with van der Waals surface area (Å²) in [7, 11) is 0. The molecular weight excluding hydrogens is 334 g/mol. The van der Waals surface area contributed by atoms with Crippen molar-refractivity contribution in [3.63, 3.8) is 0 Å². The molecule has 2 aliphatic carbocycles. The zero-order chi connectivity index (χ0) is 10.1. The van der Waals surface area contributed by atoms with Crippen LogP contribution in [0.5, 0.6) is 0 Å². The van der Waals surface area contributed by atoms with Crippen molar-refractivity contribution >= 4 is 24.8 Å². The average Bonchev–Trinajstić information content (AvgIpc) is 2.90. The molecule has 1 N–H and O–H groups in total. The third kappa shape index (κ3) is 12.6. The number of aliphatic hydroxyl groups excluding tert-OH is 1. The fourth-order valence-electron chi connectivity index (χ4n) is 1.23. The molecule has 1 nitrogen and oxygen atoms in total. The van der Waals surface area contributed by atoms with Crippen molar-refractivity contribution in [2.45, 2.75) is 25.7 Å². The second-order valence-corrected chi connectivity index (χ2v) is 3.14. The number of halogens is 2. The Morgan fingerprint density at radius 1 is 1.18 bits per heavy atom. The van der Waals surface area contributed by atoms with Gasteiger partial charge in [-0.05, 0) is 6.42 Å². The third-order valence-corrected chi connectivity index (χ3v) is 1.96. The Morgan fingerprint density at radius 3 is 2.29 bits per heavy atom. The molecule has 0 unspecified atom stereocenters. The summed E-state index contributed by atoms with van der Waals surface area (Å²) in [5.41, 5.74) is 1.25. The van der Waals surface area contributed by atoms with Crippen LogP contribution in [0.2, 0.25) is 0 Å². The first-order chi connectivity index (χ1) is 6.93. The normalized spacial score (nSPS) is 13.8. The predicted molar refractivity (Wildman–Crippen MR) is 72.9 cm³/mol. The Balaban J connectivity index is -0.000000216. The van der Waals surface area contributed by atoms with E-state index in [0.717, 1.165) is 25.7 Å². The summed E-state index contributed by atoms with van der Waals surface area (Å²) in [5, 5.41) is 8.46. The van der Waals surface area contributed by atoms with Gasteiger partial charge in [-0.15, -0.1) is 37.7 Å². The van der Waals surface area contributed by atoms with Crippen molar-refractivity contribution in [3.8, 4) is 0 Å². The molecule has 2 aliphatic rings. The van der Waals surface area contributed by atoms with Gasteiger partial charge in [-0.1, -0.05) is 6.42 Å². The summed E-state index contributed by atoms with van der Waals surface area (Å²) >= 11 is 0. The minimum absolute atomic E-state index is 0. The van der Waals surface area contributed by atoms with Crippen LogP contribution in [0.25, 0.3) is 0 Å². The van der Waals surface area contributed by atoms with E-state index in [1.165, 1.54) is 5.57 Å². The molecule has 0 amide bonds. The summed E-state index contributed by atoms with van der Waals surface area (Å²) in [5.74, 6) is 0. The van der Waals surface area contributed by atoms with Gasteiger partial charge in [0.1, 0.15) is 0 Å². The van der Waals surface area contributed by atoms with E-state index in [1.54, 1.807) is 0 Å². The van der Waals surface area contributed by atoms with Crippen LogP contribution < -0.4 is 0 Å². The van der Waals surface area contributed by atoms with Crippen molar-refractivity contribution in [2.75, 3.05) is 6.61 Å². The van der Waals surface area contributed by atoms with Gasteiger partial charge < -0.3 is 5.11 Å². The Labute approximate surface area is 136 Å². The van der Waals surface area contributed by atoms with Crippen molar-refractivity contribution in [1.82, 2.24) is 0 Å². The standard InChI is InChI=1S/C8H11O.C5H5.2ClH.Zr/c9-7-3-6-8-4-1-2-5-8;1-2-4-5-3-1;;;/h1,4,9H,2-3,6-7H2;1-3H,4H2;2*1H;/q2*-1;;;+2. The van der Waals surface area contributed by atoms with E-state index in [9.17, 15) is 0 Å². The summed E-state index contributed by atoms with van der Waals surface area (Å²) < 4.78 is 0. The van der Waals surface area contributed by atoms with Gasteiger partial charge in [-0.2, -0.15) is 12.2 Å². The Hall–Kier alpha value is 0.383. The molecule has 0 fully saturated rings. The fraction of sp³-hybridized carbons (Fsp3) is 0.385. The topological polar surface area (TPSA) is 20.2 Å². The Kier molecular flexibility index (Phi) is 21.7. The van der Waals surface area contributed by atoms with E-state index in [1.807, 2.05) is 12.2 Å². The molecule has 17 heavy (non-hydrogen) atoms. The second kappa shape index (κ2) is 16.4. The van der Waals surface area contributed by atoms with Crippen LogP contribution in [-0.4, -0.2) is 11.7 Å². The van der Waals surface area contributed by atoms with Gasteiger partial charge in [0.15, 0.2) is 0 Å². The molecule has 0 aromatic rings. The van der Waals surface area contributed by atoms with Gasteiger partial charge in [0.2, 0.25) is 0 Å². The molecule has 0 atom stereocenters. The SMILES string of the molecule is Cl.Cl.OCCCC1=[C-]CC=C1.[C-]1=CC=CC1.[Zr+2]. The molecule has 0 saturated carbocycles. The minimum atomic E-state index is 0. The molecule has 0 saturated heterocycles. The molecule has 0 aromatic heterocycles. The number of hydrogen-bond acceptors (Lipinski definition) is 1. The number of hydrogen-bond donors (Lipinski definition) is 1. The number of aliphatic hydroxyl groups is 1. The molecule has 0 bridgehead atoms. The zero-order valence-corrected chi connectivity index (χ0v) is 13.8. The summed E-state index contributed by atoms with van der Waals surface area (Å²) in [6.45, 7) is 0.291. The van der Waals surface area contributed by atoms with Crippen molar-refractivity contribution in [3.05, 3.63) is 48.1 Å². The predicted octanol–water partition coefficient (Wildman–Crippen LogP) is 3.60. The van der Waals surface area contributed by atoms with E-state index in [0.29, 0.717) is 6.61 Å². The van der Waals surface area contributed by atoms with Gasteiger partial charge in [0.25, 0.3) is 0 Å². The van der Waals surface area contributed by atoms with Gasteiger partial charge >= 0.3 is 26.2 Å². The van der Waals surface area contributed by atoms with Gasteiger partial charge in [-0.3, -0.25) is 12.2 Å². The second-order valence-electron chi connectivity index (χ2n) is 3.14. The maximum absolute atomic E-state index is 8.46. The molecule has 4 heteroatoms. The van der Waals surface area contributed by atoms with Crippen molar-refractivity contribution in [2.24, 2.45) is 0 Å². The zero-order valence-electron chi connectivity index (χ0n) is 9.69. The van der Waals surface area contributed by atoms with Crippen LogP contribution in [0.1, 0.15) is 25.7 Å². The van der Waals surface area contributed by atoms with E-state index in [2.05, 4.69) is 30.4 Å². The smallest absolute Gasteiger partial charge is 0.396 e. The first kappa shape index (κ1) is 22.6. The van der Waals surface area contributed by atoms with Gasteiger partial charge in [-0.25, -0.2) is 23.8 Å². The molecule has 0 aromatic carbocycles. The quantitative estimate of drug-likeness (QED) is 0.770. The molecule has 94 valence electrons. The molecular formula is C13H18Cl2OZr. The molecule has 2 rings (SSSR count). The van der Waals surface area contributed by atoms with E-state index in [-0.39, 0.29) is 51.0 Å². The van der Waals surface area contributed by atoms with Crippen molar-refractivity contribution in [1.29, 1.82) is 0 Å². The first-order valence-corrected chi connectivity index (χ1v) is 5.02. The van der Waals surface area contributed by atoms with E-state index < -0.39 is 0 Å². The minimum Gasteiger partial charge on any atom is -0.396 e. The Bertz CT molecular complexity index is 261. The van der Waals surface area contributed by atoms with Crippen LogP contribution in [0.15, 0.2) is 36.0 Å². The third-order valence-electron chi connectivity index (χ3n) is 1.96. The molecule has 0 heterocycles. The van der Waals surface area contributed by atoms with Gasteiger partial charge in [0.05, 0.1) is 0 Å². The largest absolute Gasteiger partial charge is 2.00 e. The molecule has 0 radical (unpaired) electrons.